The van der Waals surface area contributed by atoms with Crippen molar-refractivity contribution in [3.05, 3.63) is 47.6 Å². The molecule has 0 atom stereocenters. The van der Waals surface area contributed by atoms with Gasteiger partial charge >= 0.3 is 0 Å². The van der Waals surface area contributed by atoms with Crippen molar-refractivity contribution in [1.29, 1.82) is 0 Å². The summed E-state index contributed by atoms with van der Waals surface area (Å²) in [5.74, 6) is 1.10. The van der Waals surface area contributed by atoms with Crippen LogP contribution in [0.5, 0.6) is 11.5 Å². The molecule has 6 nitrogen and oxygen atoms in total. The fraction of sp³-hybridized carbons (Fsp3) is 0.0667. The lowest BCUT2D eigenvalue weighted by Crippen LogP contribution is -2.12. The smallest absolute Gasteiger partial charge is 0.264 e. The minimum Gasteiger partial charge on any atom is -0.454 e. The van der Waals surface area contributed by atoms with Gasteiger partial charge in [-0.3, -0.25) is 4.72 Å². The third kappa shape index (κ3) is 2.47. The van der Waals surface area contributed by atoms with E-state index in [9.17, 15) is 8.42 Å². The normalized spacial score (nSPS) is 13.4. The average Bonchev–Trinajstić information content (AvgIpc) is 3.12. The first kappa shape index (κ1) is 14.2. The third-order valence-corrected chi connectivity index (χ3v) is 5.18. The Bertz CT molecular complexity index is 1010. The lowest BCUT2D eigenvalue weighted by Gasteiger charge is -2.08. The molecule has 1 aliphatic rings. The Morgan fingerprint density at radius 1 is 1.09 bits per heavy atom. The molecule has 0 spiro atoms. The van der Waals surface area contributed by atoms with Gasteiger partial charge in [0.2, 0.25) is 6.79 Å². The number of fused-ring (bicyclic) bond motifs is 2. The van der Waals surface area contributed by atoms with Crippen LogP contribution >= 0.6 is 11.6 Å². The van der Waals surface area contributed by atoms with E-state index in [0.29, 0.717) is 33.1 Å². The summed E-state index contributed by atoms with van der Waals surface area (Å²) in [5, 5.41) is 1.11. The lowest BCUT2D eigenvalue weighted by atomic mass is 10.2. The van der Waals surface area contributed by atoms with Crippen molar-refractivity contribution in [3.63, 3.8) is 0 Å². The Balaban J connectivity index is 1.72. The van der Waals surface area contributed by atoms with Crippen LogP contribution < -0.4 is 14.2 Å². The SMILES string of the molecule is O=S(=O)(Nc1ccc2c(c1)OCO2)c1c[nH]c2cc(Cl)ccc12. The molecule has 118 valence electrons. The fourth-order valence-corrected chi connectivity index (χ4v) is 3.87. The predicted molar refractivity (Wildman–Crippen MR) is 86.7 cm³/mol. The Labute approximate surface area is 137 Å². The van der Waals surface area contributed by atoms with E-state index < -0.39 is 10.0 Å². The number of nitrogens with one attached hydrogen (secondary N) is 2. The quantitative estimate of drug-likeness (QED) is 0.759. The molecule has 0 amide bonds. The van der Waals surface area contributed by atoms with E-state index in [1.165, 1.54) is 6.20 Å². The van der Waals surface area contributed by atoms with Crippen LogP contribution in [-0.2, 0) is 10.0 Å². The Morgan fingerprint density at radius 2 is 1.91 bits per heavy atom. The summed E-state index contributed by atoms with van der Waals surface area (Å²) >= 11 is 5.92. The molecule has 0 fully saturated rings. The van der Waals surface area contributed by atoms with E-state index in [4.69, 9.17) is 21.1 Å². The first-order valence-electron chi connectivity index (χ1n) is 6.72. The van der Waals surface area contributed by atoms with Crippen LogP contribution in [0.4, 0.5) is 5.69 Å². The number of aromatic amines is 1. The molecule has 4 rings (SSSR count). The van der Waals surface area contributed by atoms with Gasteiger partial charge in [-0.05, 0) is 30.3 Å². The minimum absolute atomic E-state index is 0.134. The molecule has 0 aliphatic carbocycles. The van der Waals surface area contributed by atoms with Crippen molar-refractivity contribution >= 4 is 38.2 Å². The Kier molecular flexibility index (Phi) is 3.14. The monoisotopic (exact) mass is 350 g/mol. The number of aromatic nitrogens is 1. The van der Waals surface area contributed by atoms with Crippen LogP contribution in [0, 0.1) is 0 Å². The van der Waals surface area contributed by atoms with Crippen molar-refractivity contribution < 1.29 is 17.9 Å². The number of hydrogen-bond donors (Lipinski definition) is 2. The van der Waals surface area contributed by atoms with Crippen LogP contribution in [0.25, 0.3) is 10.9 Å². The second kappa shape index (κ2) is 5.07. The number of rotatable bonds is 3. The number of sulfonamides is 1. The zero-order valence-corrected chi connectivity index (χ0v) is 13.2. The summed E-state index contributed by atoms with van der Waals surface area (Å²) in [7, 11) is -3.75. The van der Waals surface area contributed by atoms with Gasteiger partial charge in [-0.25, -0.2) is 8.42 Å². The first-order chi connectivity index (χ1) is 11.0. The molecule has 0 saturated heterocycles. The number of halogens is 1. The molecule has 8 heteroatoms. The second-order valence-electron chi connectivity index (χ2n) is 5.02. The largest absolute Gasteiger partial charge is 0.454 e. The molecular weight excluding hydrogens is 340 g/mol. The Hall–Kier alpha value is -2.38. The summed E-state index contributed by atoms with van der Waals surface area (Å²) in [6.07, 6.45) is 1.44. The summed E-state index contributed by atoms with van der Waals surface area (Å²) in [6.45, 7) is 0.134. The van der Waals surface area contributed by atoms with Gasteiger partial charge in [0.05, 0.1) is 5.69 Å². The highest BCUT2D eigenvalue weighted by molar-refractivity contribution is 7.93. The van der Waals surface area contributed by atoms with Gasteiger partial charge in [-0.1, -0.05) is 11.6 Å². The van der Waals surface area contributed by atoms with Crippen LogP contribution in [0.1, 0.15) is 0 Å². The van der Waals surface area contributed by atoms with Crippen molar-refractivity contribution in [1.82, 2.24) is 4.98 Å². The standard InChI is InChI=1S/C15H11ClN2O4S/c16-9-1-3-11-12(5-9)17-7-15(11)23(19,20)18-10-2-4-13-14(6-10)22-8-21-13/h1-7,17-18H,8H2. The van der Waals surface area contributed by atoms with Gasteiger partial charge < -0.3 is 14.5 Å². The topological polar surface area (TPSA) is 80.4 Å². The number of benzene rings is 2. The van der Waals surface area contributed by atoms with Gasteiger partial charge in [0.15, 0.2) is 11.5 Å². The molecule has 0 radical (unpaired) electrons. The zero-order valence-electron chi connectivity index (χ0n) is 11.7. The van der Waals surface area contributed by atoms with E-state index in [2.05, 4.69) is 9.71 Å². The van der Waals surface area contributed by atoms with Crippen molar-refractivity contribution in [3.8, 4) is 11.5 Å². The van der Waals surface area contributed by atoms with Gasteiger partial charge in [0.1, 0.15) is 4.90 Å². The minimum atomic E-state index is -3.75. The van der Waals surface area contributed by atoms with Crippen LogP contribution in [0.2, 0.25) is 5.02 Å². The van der Waals surface area contributed by atoms with Gasteiger partial charge in [-0.2, -0.15) is 0 Å². The third-order valence-electron chi connectivity index (χ3n) is 3.52. The maximum Gasteiger partial charge on any atom is 0.264 e. The van der Waals surface area contributed by atoms with Gasteiger partial charge in [0, 0.05) is 28.2 Å². The van der Waals surface area contributed by atoms with E-state index in [1.807, 2.05) is 0 Å². The average molecular weight is 351 g/mol. The predicted octanol–water partition coefficient (Wildman–Crippen LogP) is 3.35. The summed E-state index contributed by atoms with van der Waals surface area (Å²) < 4.78 is 38.2. The molecule has 0 unspecified atom stereocenters. The molecule has 1 aliphatic heterocycles. The van der Waals surface area contributed by atoms with Crippen LogP contribution in [0.3, 0.4) is 0 Å². The van der Waals surface area contributed by atoms with Gasteiger partial charge in [0.25, 0.3) is 10.0 Å². The molecule has 2 heterocycles. The number of ether oxygens (including phenoxy) is 2. The number of H-pyrrole nitrogens is 1. The van der Waals surface area contributed by atoms with E-state index in [-0.39, 0.29) is 11.7 Å². The molecule has 3 aromatic rings. The van der Waals surface area contributed by atoms with E-state index in [0.717, 1.165) is 0 Å². The molecule has 2 aromatic carbocycles. The highest BCUT2D eigenvalue weighted by Gasteiger charge is 2.21. The van der Waals surface area contributed by atoms with Crippen LogP contribution in [0.15, 0.2) is 47.5 Å². The van der Waals surface area contributed by atoms with E-state index >= 15 is 0 Å². The highest BCUT2D eigenvalue weighted by atomic mass is 35.5. The first-order valence-corrected chi connectivity index (χ1v) is 8.58. The van der Waals surface area contributed by atoms with Gasteiger partial charge in [-0.15, -0.1) is 0 Å². The van der Waals surface area contributed by atoms with Crippen molar-refractivity contribution in [2.24, 2.45) is 0 Å². The summed E-state index contributed by atoms with van der Waals surface area (Å²) in [5.41, 5.74) is 1.06. The molecule has 0 bridgehead atoms. The molecular formula is C15H11ClN2O4S. The molecule has 0 saturated carbocycles. The summed E-state index contributed by atoms with van der Waals surface area (Å²) in [6, 6.07) is 9.87. The fourth-order valence-electron chi connectivity index (χ4n) is 2.46. The van der Waals surface area contributed by atoms with Crippen molar-refractivity contribution in [2.75, 3.05) is 11.5 Å². The van der Waals surface area contributed by atoms with E-state index in [1.54, 1.807) is 36.4 Å². The summed E-state index contributed by atoms with van der Waals surface area (Å²) in [4.78, 5) is 3.07. The maximum absolute atomic E-state index is 12.6. The number of hydrogen-bond acceptors (Lipinski definition) is 4. The maximum atomic E-state index is 12.6. The lowest BCUT2D eigenvalue weighted by molar-refractivity contribution is 0.174. The molecule has 2 N–H and O–H groups in total. The Morgan fingerprint density at radius 3 is 2.78 bits per heavy atom. The second-order valence-corrected chi connectivity index (χ2v) is 7.10. The zero-order chi connectivity index (χ0) is 16.0. The molecule has 23 heavy (non-hydrogen) atoms. The molecule has 1 aromatic heterocycles. The highest BCUT2D eigenvalue weighted by Crippen LogP contribution is 2.35. The van der Waals surface area contributed by atoms with Crippen molar-refractivity contribution in [2.45, 2.75) is 4.90 Å². The van der Waals surface area contributed by atoms with Crippen LogP contribution in [-0.4, -0.2) is 20.2 Å². The number of anilines is 1.